The van der Waals surface area contributed by atoms with E-state index in [4.69, 9.17) is 17.0 Å². The molecule has 0 atom stereocenters. The molecule has 0 unspecified atom stereocenters. The van der Waals surface area contributed by atoms with E-state index in [0.29, 0.717) is 5.11 Å². The molecule has 3 rings (SSSR count). The number of thiocarbonyl (C=S) groups is 1. The van der Waals surface area contributed by atoms with Gasteiger partial charge in [-0.3, -0.25) is 10.3 Å². The van der Waals surface area contributed by atoms with E-state index >= 15 is 0 Å². The molecule has 0 saturated carbocycles. The van der Waals surface area contributed by atoms with Crippen LogP contribution in [0.3, 0.4) is 0 Å². The van der Waals surface area contributed by atoms with E-state index in [-0.39, 0.29) is 0 Å². The summed E-state index contributed by atoms with van der Waals surface area (Å²) in [7, 11) is 0. The molecule has 5 nitrogen and oxygen atoms in total. The van der Waals surface area contributed by atoms with Crippen LogP contribution in [-0.4, -0.2) is 55.6 Å². The summed E-state index contributed by atoms with van der Waals surface area (Å²) in [5.74, 6) is 0. The maximum Gasteiger partial charge on any atom is 0.187 e. The Bertz CT molecular complexity index is 712. The minimum absolute atomic E-state index is 0.537. The monoisotopic (exact) mass is 368 g/mol. The standard InChI is InChI=1S/C20H24N4OS/c26-20(21-10-11-24-12-14-25-15-13-24)23-22-16-17-6-8-19(9-7-17)18-4-2-1-3-5-18/h1-9,16H,10-15H2,(H2,21,23,26)/b22-16-. The first-order valence-corrected chi connectivity index (χ1v) is 9.24. The number of morpholine rings is 1. The molecule has 136 valence electrons. The Morgan fingerprint density at radius 3 is 2.46 bits per heavy atom. The predicted octanol–water partition coefficient (Wildman–Crippen LogP) is 2.48. The number of hydrazone groups is 1. The van der Waals surface area contributed by atoms with Gasteiger partial charge in [0.25, 0.3) is 0 Å². The van der Waals surface area contributed by atoms with E-state index < -0.39 is 0 Å². The van der Waals surface area contributed by atoms with Gasteiger partial charge in [0.2, 0.25) is 0 Å². The Kier molecular flexibility index (Phi) is 7.13. The quantitative estimate of drug-likeness (QED) is 0.466. The Hall–Kier alpha value is -2.28. The van der Waals surface area contributed by atoms with Crippen LogP contribution in [0, 0.1) is 0 Å². The second-order valence-electron chi connectivity index (χ2n) is 6.07. The van der Waals surface area contributed by atoms with E-state index in [1.165, 1.54) is 11.1 Å². The average molecular weight is 369 g/mol. The van der Waals surface area contributed by atoms with Crippen LogP contribution in [0.25, 0.3) is 11.1 Å². The fourth-order valence-corrected chi connectivity index (χ4v) is 2.90. The van der Waals surface area contributed by atoms with Crippen molar-refractivity contribution in [2.24, 2.45) is 5.10 Å². The van der Waals surface area contributed by atoms with Crippen molar-refractivity contribution >= 4 is 23.5 Å². The molecule has 2 aromatic carbocycles. The van der Waals surface area contributed by atoms with Crippen molar-refractivity contribution in [1.82, 2.24) is 15.6 Å². The van der Waals surface area contributed by atoms with Gasteiger partial charge in [-0.25, -0.2) is 0 Å². The maximum absolute atomic E-state index is 5.34. The lowest BCUT2D eigenvalue weighted by molar-refractivity contribution is 0.0389. The highest BCUT2D eigenvalue weighted by Gasteiger charge is 2.09. The van der Waals surface area contributed by atoms with Gasteiger partial charge in [-0.1, -0.05) is 54.6 Å². The van der Waals surface area contributed by atoms with Crippen molar-refractivity contribution in [1.29, 1.82) is 0 Å². The first-order valence-electron chi connectivity index (χ1n) is 8.84. The van der Waals surface area contributed by atoms with Gasteiger partial charge >= 0.3 is 0 Å². The third kappa shape index (κ3) is 5.91. The second-order valence-corrected chi connectivity index (χ2v) is 6.48. The molecule has 0 amide bonds. The highest BCUT2D eigenvalue weighted by Crippen LogP contribution is 2.18. The van der Waals surface area contributed by atoms with Gasteiger partial charge in [0.15, 0.2) is 5.11 Å². The summed E-state index contributed by atoms with van der Waals surface area (Å²) in [5.41, 5.74) is 6.28. The molecular formula is C20H24N4OS. The average Bonchev–Trinajstić information content (AvgIpc) is 2.70. The molecule has 1 aliphatic heterocycles. The Balaban J connectivity index is 1.39. The molecule has 0 aliphatic carbocycles. The number of ether oxygens (including phenoxy) is 1. The molecule has 1 fully saturated rings. The molecule has 0 bridgehead atoms. The van der Waals surface area contributed by atoms with Gasteiger partial charge in [-0.05, 0) is 28.9 Å². The predicted molar refractivity (Wildman–Crippen MR) is 110 cm³/mol. The third-order valence-electron chi connectivity index (χ3n) is 4.21. The molecule has 0 spiro atoms. The molecule has 0 aromatic heterocycles. The number of hydrogen-bond donors (Lipinski definition) is 2. The van der Waals surface area contributed by atoms with E-state index in [2.05, 4.69) is 45.0 Å². The normalized spacial score (nSPS) is 15.1. The summed E-state index contributed by atoms with van der Waals surface area (Å²) >= 11 is 5.24. The van der Waals surface area contributed by atoms with Gasteiger partial charge < -0.3 is 10.1 Å². The molecule has 1 saturated heterocycles. The first-order chi connectivity index (χ1) is 12.8. The van der Waals surface area contributed by atoms with Gasteiger partial charge in [0, 0.05) is 26.2 Å². The summed E-state index contributed by atoms with van der Waals surface area (Å²) in [6.07, 6.45) is 1.77. The van der Waals surface area contributed by atoms with E-state index in [1.54, 1.807) is 6.21 Å². The highest BCUT2D eigenvalue weighted by atomic mass is 32.1. The summed E-state index contributed by atoms with van der Waals surface area (Å²) in [5, 5.41) is 7.91. The summed E-state index contributed by atoms with van der Waals surface area (Å²) in [6.45, 7) is 5.35. The van der Waals surface area contributed by atoms with Crippen molar-refractivity contribution in [3.63, 3.8) is 0 Å². The van der Waals surface area contributed by atoms with Crippen molar-refractivity contribution in [3.05, 3.63) is 60.2 Å². The molecule has 1 aliphatic rings. The molecule has 1 heterocycles. The zero-order valence-electron chi connectivity index (χ0n) is 14.7. The molecular weight excluding hydrogens is 344 g/mol. The van der Waals surface area contributed by atoms with Gasteiger partial charge in [-0.15, -0.1) is 0 Å². The van der Waals surface area contributed by atoms with Crippen LogP contribution >= 0.6 is 12.2 Å². The van der Waals surface area contributed by atoms with Crippen LogP contribution in [-0.2, 0) is 4.74 Å². The van der Waals surface area contributed by atoms with E-state index in [0.717, 1.165) is 45.0 Å². The minimum Gasteiger partial charge on any atom is -0.379 e. The zero-order chi connectivity index (χ0) is 18.0. The van der Waals surface area contributed by atoms with Crippen molar-refractivity contribution in [3.8, 4) is 11.1 Å². The Labute approximate surface area is 160 Å². The third-order valence-corrected chi connectivity index (χ3v) is 4.45. The molecule has 2 aromatic rings. The maximum atomic E-state index is 5.34. The lowest BCUT2D eigenvalue weighted by Crippen LogP contribution is -2.42. The number of benzene rings is 2. The van der Waals surface area contributed by atoms with Crippen molar-refractivity contribution in [2.75, 3.05) is 39.4 Å². The van der Waals surface area contributed by atoms with Gasteiger partial charge in [0.1, 0.15) is 0 Å². The fraction of sp³-hybridized carbons (Fsp3) is 0.300. The minimum atomic E-state index is 0.537. The van der Waals surface area contributed by atoms with Crippen LogP contribution in [0.2, 0.25) is 0 Å². The van der Waals surface area contributed by atoms with Crippen LogP contribution in [0.4, 0.5) is 0 Å². The zero-order valence-corrected chi connectivity index (χ0v) is 15.5. The fourth-order valence-electron chi connectivity index (χ4n) is 2.75. The lowest BCUT2D eigenvalue weighted by atomic mass is 10.0. The van der Waals surface area contributed by atoms with E-state index in [9.17, 15) is 0 Å². The SMILES string of the molecule is S=C(NCCN1CCOCC1)N/N=C\c1ccc(-c2ccccc2)cc1. The van der Waals surface area contributed by atoms with Crippen LogP contribution < -0.4 is 10.7 Å². The van der Waals surface area contributed by atoms with Crippen LogP contribution in [0.1, 0.15) is 5.56 Å². The lowest BCUT2D eigenvalue weighted by Gasteiger charge is -2.26. The molecule has 2 N–H and O–H groups in total. The van der Waals surface area contributed by atoms with Crippen molar-refractivity contribution < 1.29 is 4.74 Å². The van der Waals surface area contributed by atoms with Crippen LogP contribution in [0.15, 0.2) is 59.7 Å². The largest absolute Gasteiger partial charge is 0.379 e. The molecule has 26 heavy (non-hydrogen) atoms. The van der Waals surface area contributed by atoms with Crippen LogP contribution in [0.5, 0.6) is 0 Å². The second kappa shape index (κ2) is 10.0. The number of rotatable bonds is 6. The molecule has 0 radical (unpaired) electrons. The summed E-state index contributed by atoms with van der Waals surface area (Å²) < 4.78 is 5.34. The highest BCUT2D eigenvalue weighted by molar-refractivity contribution is 7.80. The van der Waals surface area contributed by atoms with Crippen molar-refractivity contribution in [2.45, 2.75) is 0 Å². The number of hydrogen-bond acceptors (Lipinski definition) is 4. The Morgan fingerprint density at radius 2 is 1.73 bits per heavy atom. The summed E-state index contributed by atoms with van der Waals surface area (Å²) in [6, 6.07) is 18.6. The number of nitrogens with zero attached hydrogens (tertiary/aromatic N) is 2. The molecule has 6 heteroatoms. The first kappa shape index (κ1) is 18.5. The van der Waals surface area contributed by atoms with Gasteiger partial charge in [-0.2, -0.15) is 5.10 Å². The Morgan fingerprint density at radius 1 is 1.04 bits per heavy atom. The summed E-state index contributed by atoms with van der Waals surface area (Å²) in [4.78, 5) is 2.36. The topological polar surface area (TPSA) is 48.9 Å². The van der Waals surface area contributed by atoms with E-state index in [1.807, 2.05) is 30.3 Å². The number of nitrogens with one attached hydrogen (secondary N) is 2. The smallest absolute Gasteiger partial charge is 0.187 e. The van der Waals surface area contributed by atoms with Gasteiger partial charge in [0.05, 0.1) is 19.4 Å².